The maximum Gasteiger partial charge on any atom is 0.123 e. The largest absolute Gasteiger partial charge is 0.492 e. The van der Waals surface area contributed by atoms with E-state index in [1.807, 2.05) is 6.92 Å². The van der Waals surface area contributed by atoms with Gasteiger partial charge in [-0.1, -0.05) is 6.92 Å². The first kappa shape index (κ1) is 9.99. The lowest BCUT2D eigenvalue weighted by Gasteiger charge is -2.08. The molecule has 3 heteroatoms. The van der Waals surface area contributed by atoms with Crippen molar-refractivity contribution in [2.75, 3.05) is 13.2 Å². The molecule has 0 aliphatic carbocycles. The molecule has 1 rings (SSSR count). The summed E-state index contributed by atoms with van der Waals surface area (Å²) in [7, 11) is 0. The number of nitrogens with two attached hydrogens (primary N) is 1. The van der Waals surface area contributed by atoms with Crippen LogP contribution in [0.3, 0.4) is 0 Å². The van der Waals surface area contributed by atoms with Gasteiger partial charge in [0.25, 0.3) is 0 Å². The summed E-state index contributed by atoms with van der Waals surface area (Å²) in [4.78, 5) is 0. The fourth-order valence-corrected chi connectivity index (χ4v) is 1.05. The van der Waals surface area contributed by atoms with Gasteiger partial charge in [-0.2, -0.15) is 0 Å². The number of hydrogen-bond acceptors (Lipinski definition) is 2. The van der Waals surface area contributed by atoms with Crippen LogP contribution in [0, 0.1) is 12.2 Å². The average Bonchev–Trinajstić information content (AvgIpc) is 2.16. The third kappa shape index (κ3) is 2.70. The predicted molar refractivity (Wildman–Crippen MR) is 50.0 cm³/mol. The van der Waals surface area contributed by atoms with Crippen LogP contribution in [-0.2, 0) is 0 Å². The lowest BCUT2D eigenvalue weighted by Crippen LogP contribution is -2.11. The first-order valence-corrected chi connectivity index (χ1v) is 4.19. The number of halogens is 1. The van der Waals surface area contributed by atoms with Crippen molar-refractivity contribution in [3.05, 3.63) is 36.0 Å². The molecule has 0 unspecified atom stereocenters. The molecule has 2 nitrogen and oxygen atoms in total. The quantitative estimate of drug-likeness (QED) is 0.769. The first-order valence-electron chi connectivity index (χ1n) is 4.19. The van der Waals surface area contributed by atoms with Crippen molar-refractivity contribution in [1.82, 2.24) is 0 Å². The minimum absolute atomic E-state index is 0.256. The summed E-state index contributed by atoms with van der Waals surface area (Å²) in [6.07, 6.45) is 1.80. The molecule has 13 heavy (non-hydrogen) atoms. The van der Waals surface area contributed by atoms with Gasteiger partial charge in [0.05, 0.1) is 0 Å². The molecule has 71 valence electrons. The topological polar surface area (TPSA) is 35.2 Å². The van der Waals surface area contributed by atoms with Gasteiger partial charge in [-0.15, -0.1) is 0 Å². The van der Waals surface area contributed by atoms with Crippen molar-refractivity contribution >= 4 is 0 Å². The van der Waals surface area contributed by atoms with Crippen molar-refractivity contribution in [1.29, 1.82) is 0 Å². The number of benzene rings is 1. The molecular weight excluding hydrogens is 169 g/mol. The van der Waals surface area contributed by atoms with Gasteiger partial charge in [-0.25, -0.2) is 4.39 Å². The third-order valence-electron chi connectivity index (χ3n) is 1.66. The zero-order valence-corrected chi connectivity index (χ0v) is 7.59. The first-order chi connectivity index (χ1) is 6.27. The van der Waals surface area contributed by atoms with Gasteiger partial charge in [0.1, 0.15) is 18.2 Å². The zero-order chi connectivity index (χ0) is 9.68. The van der Waals surface area contributed by atoms with Gasteiger partial charge in [-0.05, 0) is 24.6 Å². The number of rotatable bonds is 4. The molecule has 1 radical (unpaired) electrons. The highest BCUT2D eigenvalue weighted by Crippen LogP contribution is 2.20. The van der Waals surface area contributed by atoms with Crippen molar-refractivity contribution in [2.24, 2.45) is 5.73 Å². The van der Waals surface area contributed by atoms with Crippen molar-refractivity contribution in [2.45, 2.75) is 6.92 Å². The Hall–Kier alpha value is -1.09. The smallest absolute Gasteiger partial charge is 0.123 e. The fraction of sp³-hybridized carbons (Fsp3) is 0.300. The number of hydrogen-bond donors (Lipinski definition) is 1. The van der Waals surface area contributed by atoms with Gasteiger partial charge < -0.3 is 10.5 Å². The summed E-state index contributed by atoms with van der Waals surface area (Å²) in [5.74, 6) is 0.419. The van der Waals surface area contributed by atoms with E-state index >= 15 is 0 Å². The zero-order valence-electron chi connectivity index (χ0n) is 7.59. The van der Waals surface area contributed by atoms with Crippen molar-refractivity contribution in [3.63, 3.8) is 0 Å². The van der Waals surface area contributed by atoms with E-state index in [0.29, 0.717) is 18.9 Å². The van der Waals surface area contributed by atoms with Crippen molar-refractivity contribution in [3.8, 4) is 5.75 Å². The molecule has 0 aliphatic rings. The molecule has 0 saturated carbocycles. The molecule has 0 bridgehead atoms. The SMILES string of the molecule is C[CH]c1cc(F)ccc1OCCN. The van der Waals surface area contributed by atoms with E-state index in [0.717, 1.165) is 5.56 Å². The standard InChI is InChI=1S/C10H13FNO/c1-2-8-7-9(11)3-4-10(8)13-6-5-12/h2-4,7H,5-6,12H2,1H3. The van der Waals surface area contributed by atoms with Crippen LogP contribution in [0.1, 0.15) is 12.5 Å². The maximum atomic E-state index is 12.8. The van der Waals surface area contributed by atoms with E-state index in [4.69, 9.17) is 10.5 Å². The number of ether oxygens (including phenoxy) is 1. The summed E-state index contributed by atoms with van der Waals surface area (Å²) in [5, 5.41) is 0. The van der Waals surface area contributed by atoms with E-state index in [-0.39, 0.29) is 5.82 Å². The van der Waals surface area contributed by atoms with E-state index < -0.39 is 0 Å². The highest BCUT2D eigenvalue weighted by molar-refractivity contribution is 5.38. The molecule has 1 aromatic carbocycles. The van der Waals surface area contributed by atoms with Gasteiger partial charge in [0, 0.05) is 12.1 Å². The minimum Gasteiger partial charge on any atom is -0.492 e. The van der Waals surface area contributed by atoms with Crippen LogP contribution < -0.4 is 10.5 Å². The minimum atomic E-state index is -0.256. The van der Waals surface area contributed by atoms with Gasteiger partial charge in [-0.3, -0.25) is 0 Å². The summed E-state index contributed by atoms with van der Waals surface area (Å²) in [5.41, 5.74) is 6.05. The fourth-order valence-electron chi connectivity index (χ4n) is 1.05. The Morgan fingerprint density at radius 1 is 1.54 bits per heavy atom. The molecule has 2 N–H and O–H groups in total. The van der Waals surface area contributed by atoms with Crippen LogP contribution in [0.4, 0.5) is 4.39 Å². The Morgan fingerprint density at radius 3 is 2.92 bits per heavy atom. The van der Waals surface area contributed by atoms with E-state index in [1.54, 1.807) is 12.5 Å². The molecule has 0 saturated heterocycles. The maximum absolute atomic E-state index is 12.8. The van der Waals surface area contributed by atoms with Crippen LogP contribution in [0.15, 0.2) is 18.2 Å². The molecule has 0 amide bonds. The van der Waals surface area contributed by atoms with Gasteiger partial charge in [0.15, 0.2) is 0 Å². The van der Waals surface area contributed by atoms with E-state index in [2.05, 4.69) is 0 Å². The van der Waals surface area contributed by atoms with Gasteiger partial charge >= 0.3 is 0 Å². The summed E-state index contributed by atoms with van der Waals surface area (Å²) in [6, 6.07) is 4.42. The molecule has 0 fully saturated rings. The van der Waals surface area contributed by atoms with E-state index in [9.17, 15) is 4.39 Å². The second kappa shape index (κ2) is 4.82. The normalized spacial score (nSPS) is 10.1. The monoisotopic (exact) mass is 182 g/mol. The van der Waals surface area contributed by atoms with Crippen LogP contribution in [0.5, 0.6) is 5.75 Å². The molecule has 0 heterocycles. The lowest BCUT2D eigenvalue weighted by atomic mass is 10.1. The summed E-state index contributed by atoms with van der Waals surface area (Å²) >= 11 is 0. The summed E-state index contributed by atoms with van der Waals surface area (Å²) in [6.45, 7) is 2.75. The van der Waals surface area contributed by atoms with Crippen LogP contribution in [0.2, 0.25) is 0 Å². The molecule has 0 spiro atoms. The summed E-state index contributed by atoms with van der Waals surface area (Å²) < 4.78 is 18.1. The molecule has 0 atom stereocenters. The Bertz CT molecular complexity index is 276. The Labute approximate surface area is 77.5 Å². The highest BCUT2D eigenvalue weighted by atomic mass is 19.1. The van der Waals surface area contributed by atoms with Crippen LogP contribution >= 0.6 is 0 Å². The highest BCUT2D eigenvalue weighted by Gasteiger charge is 2.02. The third-order valence-corrected chi connectivity index (χ3v) is 1.66. The lowest BCUT2D eigenvalue weighted by molar-refractivity contribution is 0.326. The molecule has 1 aromatic rings. The molecule has 0 aliphatic heterocycles. The Balaban J connectivity index is 2.79. The molecular formula is C10H13FNO. The van der Waals surface area contributed by atoms with Crippen LogP contribution in [0.25, 0.3) is 0 Å². The van der Waals surface area contributed by atoms with E-state index in [1.165, 1.54) is 12.1 Å². The Kier molecular flexibility index (Phi) is 3.71. The van der Waals surface area contributed by atoms with Gasteiger partial charge in [0.2, 0.25) is 0 Å². The average molecular weight is 182 g/mol. The second-order valence-corrected chi connectivity index (χ2v) is 2.61. The second-order valence-electron chi connectivity index (χ2n) is 2.61. The van der Waals surface area contributed by atoms with Crippen LogP contribution in [-0.4, -0.2) is 13.2 Å². The predicted octanol–water partition coefficient (Wildman–Crippen LogP) is 1.74. The van der Waals surface area contributed by atoms with Crippen molar-refractivity contribution < 1.29 is 9.13 Å². The molecule has 0 aromatic heterocycles. The Morgan fingerprint density at radius 2 is 2.31 bits per heavy atom.